The van der Waals surface area contributed by atoms with Gasteiger partial charge in [-0.15, -0.1) is 0 Å². The van der Waals surface area contributed by atoms with E-state index in [9.17, 15) is 4.79 Å². The van der Waals surface area contributed by atoms with Gasteiger partial charge in [-0.1, -0.05) is 12.2 Å². The fourth-order valence-corrected chi connectivity index (χ4v) is 3.16. The Morgan fingerprint density at radius 2 is 2.27 bits per heavy atom. The topological polar surface area (TPSA) is 20.3 Å². The van der Waals surface area contributed by atoms with Gasteiger partial charge in [0.25, 0.3) is 0 Å². The van der Waals surface area contributed by atoms with Crippen LogP contribution in [0.3, 0.4) is 0 Å². The fraction of sp³-hybridized carbons (Fsp3) is 0.615. The van der Waals surface area contributed by atoms with Crippen LogP contribution in [0.1, 0.15) is 32.1 Å². The van der Waals surface area contributed by atoms with Crippen LogP contribution in [0, 0.1) is 5.92 Å². The molecule has 2 unspecified atom stereocenters. The third-order valence-corrected chi connectivity index (χ3v) is 3.96. The first-order chi connectivity index (χ1) is 7.34. The summed E-state index contributed by atoms with van der Waals surface area (Å²) in [5.74, 6) is 1.20. The molecule has 15 heavy (non-hydrogen) atoms. The Hall–Kier alpha value is -1.05. The molecule has 3 aliphatic rings. The molecule has 2 aliphatic heterocycles. The van der Waals surface area contributed by atoms with E-state index in [1.165, 1.54) is 25.0 Å². The molecule has 0 spiro atoms. The van der Waals surface area contributed by atoms with Crippen molar-refractivity contribution in [3.05, 3.63) is 23.9 Å². The van der Waals surface area contributed by atoms with E-state index in [1.54, 1.807) is 0 Å². The van der Waals surface area contributed by atoms with Crippen molar-refractivity contribution in [1.29, 1.82) is 0 Å². The maximum Gasteiger partial charge on any atom is 0.136 e. The highest BCUT2D eigenvalue weighted by atomic mass is 16.1. The van der Waals surface area contributed by atoms with Crippen LogP contribution in [0.2, 0.25) is 0 Å². The SMILES string of the molecule is O=C1CCN2C3=CC=CCC3CCC2C1. The Morgan fingerprint density at radius 1 is 1.33 bits per heavy atom. The molecular weight excluding hydrogens is 186 g/mol. The first-order valence-electron chi connectivity index (χ1n) is 5.99. The number of hydrogen-bond donors (Lipinski definition) is 0. The third kappa shape index (κ3) is 1.52. The molecule has 0 aromatic carbocycles. The lowest BCUT2D eigenvalue weighted by molar-refractivity contribution is -0.123. The van der Waals surface area contributed by atoms with Gasteiger partial charge >= 0.3 is 0 Å². The quantitative estimate of drug-likeness (QED) is 0.602. The van der Waals surface area contributed by atoms with Gasteiger partial charge < -0.3 is 4.90 Å². The van der Waals surface area contributed by atoms with E-state index in [0.29, 0.717) is 11.8 Å². The fourth-order valence-electron chi connectivity index (χ4n) is 3.16. The average molecular weight is 203 g/mol. The number of carbonyl (C=O) groups is 1. The largest absolute Gasteiger partial charge is 0.371 e. The zero-order chi connectivity index (χ0) is 10.3. The molecule has 1 aliphatic carbocycles. The number of carbonyl (C=O) groups excluding carboxylic acids is 1. The molecule has 2 heterocycles. The van der Waals surface area contributed by atoms with Crippen LogP contribution in [0.25, 0.3) is 0 Å². The average Bonchev–Trinajstić information content (AvgIpc) is 2.28. The molecule has 2 nitrogen and oxygen atoms in total. The molecule has 0 radical (unpaired) electrons. The van der Waals surface area contributed by atoms with Crippen molar-refractivity contribution in [2.75, 3.05) is 6.54 Å². The van der Waals surface area contributed by atoms with E-state index < -0.39 is 0 Å². The molecule has 0 N–H and O–H groups in total. The van der Waals surface area contributed by atoms with Gasteiger partial charge in [-0.05, 0) is 25.3 Å². The molecule has 0 amide bonds. The van der Waals surface area contributed by atoms with E-state index in [1.807, 2.05) is 0 Å². The highest BCUT2D eigenvalue weighted by molar-refractivity contribution is 5.80. The second-order valence-corrected chi connectivity index (χ2v) is 4.87. The minimum Gasteiger partial charge on any atom is -0.371 e. The van der Waals surface area contributed by atoms with Crippen LogP contribution in [0.15, 0.2) is 23.9 Å². The molecular formula is C13H17NO. The minimum absolute atomic E-state index is 0.460. The number of hydrogen-bond acceptors (Lipinski definition) is 2. The number of ketones is 1. The number of rotatable bonds is 0. The van der Waals surface area contributed by atoms with Crippen LogP contribution in [0.5, 0.6) is 0 Å². The second kappa shape index (κ2) is 3.51. The summed E-state index contributed by atoms with van der Waals surface area (Å²) in [4.78, 5) is 13.9. The molecule has 2 atom stereocenters. The van der Waals surface area contributed by atoms with E-state index in [2.05, 4.69) is 23.1 Å². The number of fused-ring (bicyclic) bond motifs is 3. The predicted octanol–water partition coefficient (Wildman–Crippen LogP) is 2.27. The van der Waals surface area contributed by atoms with Crippen molar-refractivity contribution in [1.82, 2.24) is 4.90 Å². The summed E-state index contributed by atoms with van der Waals surface area (Å²) >= 11 is 0. The summed E-state index contributed by atoms with van der Waals surface area (Å²) < 4.78 is 0. The predicted molar refractivity (Wildman–Crippen MR) is 59.3 cm³/mol. The maximum absolute atomic E-state index is 11.4. The van der Waals surface area contributed by atoms with Crippen LogP contribution in [-0.2, 0) is 4.79 Å². The summed E-state index contributed by atoms with van der Waals surface area (Å²) in [5, 5.41) is 0. The van der Waals surface area contributed by atoms with Crippen molar-refractivity contribution in [3.63, 3.8) is 0 Å². The highest BCUT2D eigenvalue weighted by Crippen LogP contribution is 2.38. The number of piperidine rings is 2. The molecule has 0 aromatic rings. The monoisotopic (exact) mass is 203 g/mol. The Kier molecular flexibility index (Phi) is 2.15. The van der Waals surface area contributed by atoms with Crippen LogP contribution < -0.4 is 0 Å². The van der Waals surface area contributed by atoms with Gasteiger partial charge in [0.1, 0.15) is 5.78 Å². The van der Waals surface area contributed by atoms with Crippen LogP contribution >= 0.6 is 0 Å². The van der Waals surface area contributed by atoms with Crippen molar-refractivity contribution in [2.45, 2.75) is 38.1 Å². The summed E-state index contributed by atoms with van der Waals surface area (Å²) in [5.41, 5.74) is 1.50. The lowest BCUT2D eigenvalue weighted by Crippen LogP contribution is -2.47. The number of nitrogens with zero attached hydrogens (tertiary/aromatic N) is 1. The van der Waals surface area contributed by atoms with Crippen molar-refractivity contribution < 1.29 is 4.79 Å². The molecule has 3 rings (SSSR count). The van der Waals surface area contributed by atoms with Gasteiger partial charge in [0.2, 0.25) is 0 Å². The van der Waals surface area contributed by atoms with Crippen molar-refractivity contribution in [3.8, 4) is 0 Å². The van der Waals surface area contributed by atoms with Gasteiger partial charge in [-0.3, -0.25) is 4.79 Å². The normalized spacial score (nSPS) is 34.5. The third-order valence-electron chi connectivity index (χ3n) is 3.96. The molecule has 2 fully saturated rings. The molecule has 0 saturated carbocycles. The van der Waals surface area contributed by atoms with Gasteiger partial charge in [-0.2, -0.15) is 0 Å². The summed E-state index contributed by atoms with van der Waals surface area (Å²) in [6.07, 6.45) is 11.9. The number of allylic oxidation sites excluding steroid dienone is 4. The smallest absolute Gasteiger partial charge is 0.136 e. The summed E-state index contributed by atoms with van der Waals surface area (Å²) in [7, 11) is 0. The molecule has 0 bridgehead atoms. The molecule has 2 heteroatoms. The Labute approximate surface area is 90.6 Å². The lowest BCUT2D eigenvalue weighted by atomic mass is 9.81. The second-order valence-electron chi connectivity index (χ2n) is 4.87. The first kappa shape index (κ1) is 9.20. The van der Waals surface area contributed by atoms with Crippen LogP contribution in [-0.4, -0.2) is 23.3 Å². The standard InChI is InChI=1S/C13H17NO/c15-12-7-8-14-11(9-12)6-5-10-3-1-2-4-13(10)14/h1-2,4,10-11H,3,5-9H2. The zero-order valence-electron chi connectivity index (χ0n) is 8.98. The molecule has 80 valence electrons. The van der Waals surface area contributed by atoms with Crippen molar-refractivity contribution >= 4 is 5.78 Å². The zero-order valence-corrected chi connectivity index (χ0v) is 8.98. The molecule has 0 aromatic heterocycles. The van der Waals surface area contributed by atoms with Gasteiger partial charge in [0, 0.05) is 37.0 Å². The Balaban J connectivity index is 1.86. The molecule has 2 saturated heterocycles. The van der Waals surface area contributed by atoms with Crippen LogP contribution in [0.4, 0.5) is 0 Å². The van der Waals surface area contributed by atoms with Gasteiger partial charge in [0.15, 0.2) is 0 Å². The van der Waals surface area contributed by atoms with Gasteiger partial charge in [-0.25, -0.2) is 0 Å². The lowest BCUT2D eigenvalue weighted by Gasteiger charge is -2.46. The van der Waals surface area contributed by atoms with E-state index in [-0.39, 0.29) is 0 Å². The Morgan fingerprint density at radius 3 is 3.20 bits per heavy atom. The Bertz CT molecular complexity index is 342. The summed E-state index contributed by atoms with van der Waals surface area (Å²) in [6.45, 7) is 0.958. The number of Topliss-reactive ketones (excluding diaryl/α,β-unsaturated/α-hetero) is 1. The minimum atomic E-state index is 0.460. The van der Waals surface area contributed by atoms with E-state index >= 15 is 0 Å². The van der Waals surface area contributed by atoms with Crippen molar-refractivity contribution in [2.24, 2.45) is 5.92 Å². The summed E-state index contributed by atoms with van der Waals surface area (Å²) in [6, 6.07) is 0.514. The highest BCUT2D eigenvalue weighted by Gasteiger charge is 2.35. The first-order valence-corrected chi connectivity index (χ1v) is 5.99. The maximum atomic E-state index is 11.4. The van der Waals surface area contributed by atoms with E-state index in [0.717, 1.165) is 25.3 Å². The van der Waals surface area contributed by atoms with Gasteiger partial charge in [0.05, 0.1) is 0 Å². The van der Waals surface area contributed by atoms with E-state index in [4.69, 9.17) is 0 Å².